The summed E-state index contributed by atoms with van der Waals surface area (Å²) >= 11 is 0. The lowest BCUT2D eigenvalue weighted by Gasteiger charge is -2.35. The van der Waals surface area contributed by atoms with E-state index in [0.29, 0.717) is 18.8 Å². The highest BCUT2D eigenvalue weighted by atomic mass is 19.3. The van der Waals surface area contributed by atoms with E-state index < -0.39 is 11.8 Å². The van der Waals surface area contributed by atoms with Crippen LogP contribution in [0.15, 0.2) is 0 Å². The summed E-state index contributed by atoms with van der Waals surface area (Å²) in [5.41, 5.74) is -0.716. The molecule has 0 radical (unpaired) electrons. The van der Waals surface area contributed by atoms with E-state index in [9.17, 15) is 13.6 Å². The molecule has 0 saturated heterocycles. The van der Waals surface area contributed by atoms with E-state index in [1.54, 1.807) is 0 Å². The van der Waals surface area contributed by atoms with E-state index in [0.717, 1.165) is 19.1 Å². The topological polar surface area (TPSA) is 17.1 Å². The first-order valence-corrected chi connectivity index (χ1v) is 4.82. The van der Waals surface area contributed by atoms with Crippen molar-refractivity contribution in [3.63, 3.8) is 0 Å². The zero-order chi connectivity index (χ0) is 9.90. The normalized spacial score (nSPS) is 34.9. The third-order valence-electron chi connectivity index (χ3n) is 2.94. The van der Waals surface area contributed by atoms with Crippen LogP contribution in [0.2, 0.25) is 0 Å². The van der Waals surface area contributed by atoms with Gasteiger partial charge in [0.1, 0.15) is 6.29 Å². The van der Waals surface area contributed by atoms with Gasteiger partial charge in [-0.1, -0.05) is 19.8 Å². The van der Waals surface area contributed by atoms with Gasteiger partial charge in [-0.15, -0.1) is 0 Å². The van der Waals surface area contributed by atoms with E-state index >= 15 is 0 Å². The van der Waals surface area contributed by atoms with Gasteiger partial charge < -0.3 is 4.79 Å². The van der Waals surface area contributed by atoms with Gasteiger partial charge in [-0.3, -0.25) is 0 Å². The third-order valence-corrected chi connectivity index (χ3v) is 2.94. The highest BCUT2D eigenvalue weighted by Crippen LogP contribution is 2.41. The predicted molar refractivity (Wildman–Crippen MR) is 46.8 cm³/mol. The van der Waals surface area contributed by atoms with E-state index in [4.69, 9.17) is 0 Å². The van der Waals surface area contributed by atoms with E-state index in [2.05, 4.69) is 0 Å². The zero-order valence-electron chi connectivity index (χ0n) is 7.93. The van der Waals surface area contributed by atoms with Gasteiger partial charge in [0.05, 0.1) is 0 Å². The molecule has 1 aliphatic rings. The van der Waals surface area contributed by atoms with Crippen LogP contribution in [-0.2, 0) is 4.79 Å². The second-order valence-corrected chi connectivity index (χ2v) is 4.28. The minimum Gasteiger partial charge on any atom is -0.303 e. The number of carbonyl (C=O) groups excluding carboxylic acids is 1. The predicted octanol–water partition coefficient (Wildman–Crippen LogP) is 3.04. The lowest BCUT2D eigenvalue weighted by Crippen LogP contribution is -2.31. The van der Waals surface area contributed by atoms with Crippen LogP contribution >= 0.6 is 0 Å². The molecule has 1 fully saturated rings. The fourth-order valence-electron chi connectivity index (χ4n) is 2.35. The molecule has 0 aliphatic heterocycles. The monoisotopic (exact) mass is 190 g/mol. The molecule has 0 aromatic heterocycles. The third kappa shape index (κ3) is 2.75. The molecule has 76 valence electrons. The molecule has 1 nitrogen and oxygen atoms in total. The maximum absolute atomic E-state index is 12.2. The Balaban J connectivity index is 2.61. The lowest BCUT2D eigenvalue weighted by atomic mass is 9.69. The first-order valence-electron chi connectivity index (χ1n) is 4.82. The second kappa shape index (κ2) is 4.16. The van der Waals surface area contributed by atoms with E-state index in [1.807, 2.05) is 6.92 Å². The van der Waals surface area contributed by atoms with Crippen molar-refractivity contribution >= 4 is 6.29 Å². The minimum absolute atomic E-state index is 0.249. The molecule has 0 bridgehead atoms. The second-order valence-electron chi connectivity index (χ2n) is 4.28. The maximum atomic E-state index is 12.2. The average molecular weight is 190 g/mol. The summed E-state index contributed by atoms with van der Waals surface area (Å²) in [6.07, 6.45) is 1.42. The quantitative estimate of drug-likeness (QED) is 0.625. The molecule has 0 amide bonds. The van der Waals surface area contributed by atoms with Crippen molar-refractivity contribution < 1.29 is 13.6 Å². The highest BCUT2D eigenvalue weighted by molar-refractivity contribution is 5.59. The molecule has 3 heteroatoms. The molecular weight excluding hydrogens is 174 g/mol. The summed E-state index contributed by atoms with van der Waals surface area (Å²) in [5, 5.41) is 0. The molecule has 0 spiro atoms. The van der Waals surface area contributed by atoms with Crippen LogP contribution < -0.4 is 0 Å². The number of hydrogen-bond acceptors (Lipinski definition) is 1. The summed E-state index contributed by atoms with van der Waals surface area (Å²) in [6.45, 7) is 2.03. The summed E-state index contributed by atoms with van der Waals surface area (Å²) in [4.78, 5) is 10.8. The minimum atomic E-state index is -2.35. The number of rotatable bonds is 3. The van der Waals surface area contributed by atoms with Crippen molar-refractivity contribution in [3.05, 3.63) is 0 Å². The van der Waals surface area contributed by atoms with Crippen molar-refractivity contribution in [1.29, 1.82) is 0 Å². The molecule has 2 unspecified atom stereocenters. The SMILES string of the molecule is CC1CCCC(C=O)(CC(F)F)C1. The van der Waals surface area contributed by atoms with Crippen LogP contribution in [0, 0.1) is 11.3 Å². The lowest BCUT2D eigenvalue weighted by molar-refractivity contribution is -0.121. The Labute approximate surface area is 77.5 Å². The Morgan fingerprint density at radius 3 is 2.77 bits per heavy atom. The van der Waals surface area contributed by atoms with Crippen molar-refractivity contribution in [2.24, 2.45) is 11.3 Å². The molecule has 2 atom stereocenters. The van der Waals surface area contributed by atoms with Gasteiger partial charge in [0, 0.05) is 11.8 Å². The Morgan fingerprint density at radius 2 is 2.31 bits per heavy atom. The Bertz CT molecular complexity index is 178. The number of halogens is 2. The van der Waals surface area contributed by atoms with Crippen LogP contribution in [0.5, 0.6) is 0 Å². The number of hydrogen-bond donors (Lipinski definition) is 0. The molecule has 13 heavy (non-hydrogen) atoms. The molecule has 1 rings (SSSR count). The highest BCUT2D eigenvalue weighted by Gasteiger charge is 2.37. The summed E-state index contributed by atoms with van der Waals surface area (Å²) in [5.74, 6) is 0.415. The van der Waals surface area contributed by atoms with Gasteiger partial charge in [0.25, 0.3) is 0 Å². The average Bonchev–Trinajstić information content (AvgIpc) is 2.03. The largest absolute Gasteiger partial charge is 0.303 e. The molecule has 1 aliphatic carbocycles. The van der Waals surface area contributed by atoms with Crippen molar-refractivity contribution in [2.45, 2.75) is 45.5 Å². The summed E-state index contributed by atoms with van der Waals surface area (Å²) in [6, 6.07) is 0. The van der Waals surface area contributed by atoms with E-state index in [1.165, 1.54) is 0 Å². The Kier molecular flexibility index (Phi) is 3.40. The van der Waals surface area contributed by atoms with Gasteiger partial charge in [-0.2, -0.15) is 0 Å². The van der Waals surface area contributed by atoms with Crippen molar-refractivity contribution in [1.82, 2.24) is 0 Å². The first kappa shape index (κ1) is 10.6. The standard InChI is InChI=1S/C10H16F2O/c1-8-3-2-4-10(5-8,7-13)6-9(11)12/h7-9H,2-6H2,1H3. The first-order chi connectivity index (χ1) is 6.08. The van der Waals surface area contributed by atoms with Gasteiger partial charge in [0.2, 0.25) is 6.43 Å². The molecule has 0 aromatic rings. The number of aldehydes is 1. The molecule has 0 N–H and O–H groups in total. The van der Waals surface area contributed by atoms with Gasteiger partial charge in [-0.05, 0) is 18.8 Å². The number of alkyl halides is 2. The molecule has 1 saturated carbocycles. The van der Waals surface area contributed by atoms with Crippen LogP contribution in [0.3, 0.4) is 0 Å². The fourth-order valence-corrected chi connectivity index (χ4v) is 2.35. The van der Waals surface area contributed by atoms with Crippen LogP contribution in [0.4, 0.5) is 8.78 Å². The molecular formula is C10H16F2O. The Morgan fingerprint density at radius 1 is 1.62 bits per heavy atom. The summed E-state index contributed by atoms with van der Waals surface area (Å²) < 4.78 is 24.4. The van der Waals surface area contributed by atoms with Crippen LogP contribution in [-0.4, -0.2) is 12.7 Å². The fraction of sp³-hybridized carbons (Fsp3) is 0.900. The molecule has 0 aromatic carbocycles. The number of carbonyl (C=O) groups is 1. The van der Waals surface area contributed by atoms with Gasteiger partial charge in [0.15, 0.2) is 0 Å². The smallest absolute Gasteiger partial charge is 0.239 e. The Hall–Kier alpha value is -0.470. The van der Waals surface area contributed by atoms with Crippen molar-refractivity contribution in [2.75, 3.05) is 0 Å². The summed E-state index contributed by atoms with van der Waals surface area (Å²) in [7, 11) is 0. The van der Waals surface area contributed by atoms with Gasteiger partial charge in [-0.25, -0.2) is 8.78 Å². The zero-order valence-corrected chi connectivity index (χ0v) is 7.93. The van der Waals surface area contributed by atoms with Crippen LogP contribution in [0.25, 0.3) is 0 Å². The van der Waals surface area contributed by atoms with Gasteiger partial charge >= 0.3 is 0 Å². The van der Waals surface area contributed by atoms with Crippen molar-refractivity contribution in [3.8, 4) is 0 Å². The maximum Gasteiger partial charge on any atom is 0.239 e. The molecule has 0 heterocycles. The van der Waals surface area contributed by atoms with Crippen LogP contribution in [0.1, 0.15) is 39.0 Å². The van der Waals surface area contributed by atoms with E-state index in [-0.39, 0.29) is 6.42 Å².